The highest BCUT2D eigenvalue weighted by molar-refractivity contribution is 5.76. The van der Waals surface area contributed by atoms with Gasteiger partial charge in [0.05, 0.1) is 18.8 Å². The summed E-state index contributed by atoms with van der Waals surface area (Å²) < 4.78 is 11.3. The summed E-state index contributed by atoms with van der Waals surface area (Å²) >= 11 is 0. The minimum atomic E-state index is 0.0214. The topological polar surface area (TPSA) is 82.4 Å². The second kappa shape index (κ2) is 7.18. The molecule has 8 nitrogen and oxygen atoms in total. The van der Waals surface area contributed by atoms with Crippen LogP contribution in [0, 0.1) is 0 Å². The monoisotopic (exact) mass is 343 g/mol. The van der Waals surface area contributed by atoms with Gasteiger partial charge in [0, 0.05) is 6.54 Å². The molecule has 2 aromatic rings. The van der Waals surface area contributed by atoms with Crippen molar-refractivity contribution in [2.24, 2.45) is 0 Å². The third-order valence-corrected chi connectivity index (χ3v) is 4.68. The van der Waals surface area contributed by atoms with Crippen LogP contribution in [0.5, 0.6) is 5.75 Å². The number of hydrogen-bond donors (Lipinski definition) is 0. The molecule has 0 spiro atoms. The molecule has 2 aliphatic rings. The van der Waals surface area contributed by atoms with E-state index in [1.807, 2.05) is 35.2 Å². The van der Waals surface area contributed by atoms with E-state index >= 15 is 0 Å². The Labute approximate surface area is 145 Å². The fourth-order valence-corrected chi connectivity index (χ4v) is 3.51. The van der Waals surface area contributed by atoms with Crippen molar-refractivity contribution >= 4 is 5.91 Å². The minimum Gasteiger partial charge on any atom is -0.485 e. The Morgan fingerprint density at radius 2 is 2.16 bits per heavy atom. The van der Waals surface area contributed by atoms with Gasteiger partial charge in [0.15, 0.2) is 6.61 Å². The molecule has 4 rings (SSSR count). The second-order valence-corrected chi connectivity index (χ2v) is 6.33. The van der Waals surface area contributed by atoms with Gasteiger partial charge < -0.3 is 14.4 Å². The fourth-order valence-electron chi connectivity index (χ4n) is 3.51. The number of tetrazole rings is 1. The van der Waals surface area contributed by atoms with Crippen molar-refractivity contribution in [3.05, 3.63) is 36.2 Å². The summed E-state index contributed by atoms with van der Waals surface area (Å²) in [7, 11) is 0. The van der Waals surface area contributed by atoms with Crippen molar-refractivity contribution in [3.63, 3.8) is 0 Å². The maximum absolute atomic E-state index is 12.6. The molecular weight excluding hydrogens is 322 g/mol. The van der Waals surface area contributed by atoms with Crippen LogP contribution < -0.4 is 4.74 Å². The summed E-state index contributed by atoms with van der Waals surface area (Å²) in [6.07, 6.45) is 3.35. The Kier molecular flexibility index (Phi) is 4.60. The summed E-state index contributed by atoms with van der Waals surface area (Å²) in [5.41, 5.74) is 0. The molecule has 25 heavy (non-hydrogen) atoms. The summed E-state index contributed by atoms with van der Waals surface area (Å²) in [6, 6.07) is 9.65. The van der Waals surface area contributed by atoms with Gasteiger partial charge in [-0.3, -0.25) is 4.79 Å². The maximum atomic E-state index is 12.6. The third-order valence-electron chi connectivity index (χ3n) is 4.68. The number of hydrogen-bond acceptors (Lipinski definition) is 6. The number of aromatic nitrogens is 4. The quantitative estimate of drug-likeness (QED) is 0.806. The van der Waals surface area contributed by atoms with E-state index in [-0.39, 0.29) is 31.2 Å². The molecule has 132 valence electrons. The Balaban J connectivity index is 1.33. The van der Waals surface area contributed by atoms with Crippen molar-refractivity contribution in [1.29, 1.82) is 0 Å². The van der Waals surface area contributed by atoms with Crippen LogP contribution in [0.2, 0.25) is 0 Å². The number of amides is 1. The number of morpholine rings is 1. The summed E-state index contributed by atoms with van der Waals surface area (Å²) in [6.45, 7) is 1.56. The molecule has 1 amide bonds. The molecule has 1 saturated heterocycles. The minimum absolute atomic E-state index is 0.0214. The van der Waals surface area contributed by atoms with Crippen molar-refractivity contribution in [2.75, 3.05) is 13.2 Å². The molecule has 1 aromatic carbocycles. The lowest BCUT2D eigenvalue weighted by molar-refractivity contribution is -0.145. The van der Waals surface area contributed by atoms with Gasteiger partial charge in [0.25, 0.3) is 0 Å². The highest BCUT2D eigenvalue weighted by atomic mass is 16.5. The van der Waals surface area contributed by atoms with E-state index in [1.54, 1.807) is 0 Å². The first-order valence-electron chi connectivity index (χ1n) is 8.65. The number of rotatable bonds is 5. The van der Waals surface area contributed by atoms with Gasteiger partial charge in [-0.05, 0) is 36.6 Å². The van der Waals surface area contributed by atoms with Crippen LogP contribution in [0.3, 0.4) is 0 Å². The summed E-state index contributed by atoms with van der Waals surface area (Å²) in [4.78, 5) is 15.9. The van der Waals surface area contributed by atoms with Crippen LogP contribution in [0.15, 0.2) is 30.3 Å². The van der Waals surface area contributed by atoms with E-state index in [0.29, 0.717) is 19.0 Å². The van der Waals surface area contributed by atoms with E-state index in [0.717, 1.165) is 25.0 Å². The molecule has 0 radical (unpaired) electrons. The van der Waals surface area contributed by atoms with Gasteiger partial charge >= 0.3 is 0 Å². The maximum Gasteiger partial charge on any atom is 0.246 e. The van der Waals surface area contributed by atoms with Crippen LogP contribution in [0.4, 0.5) is 0 Å². The molecule has 0 bridgehead atoms. The van der Waals surface area contributed by atoms with Crippen molar-refractivity contribution < 1.29 is 14.3 Å². The van der Waals surface area contributed by atoms with E-state index in [4.69, 9.17) is 9.47 Å². The smallest absolute Gasteiger partial charge is 0.246 e. The van der Waals surface area contributed by atoms with Crippen LogP contribution in [-0.2, 0) is 22.7 Å². The van der Waals surface area contributed by atoms with Gasteiger partial charge in [0.2, 0.25) is 11.7 Å². The fraction of sp³-hybridized carbons (Fsp3) is 0.529. The van der Waals surface area contributed by atoms with E-state index in [2.05, 4.69) is 15.4 Å². The Hall–Kier alpha value is -2.48. The van der Waals surface area contributed by atoms with Gasteiger partial charge in [-0.1, -0.05) is 18.2 Å². The van der Waals surface area contributed by atoms with Gasteiger partial charge in [-0.2, -0.15) is 4.80 Å². The zero-order valence-electron chi connectivity index (χ0n) is 14.0. The number of carbonyl (C=O) groups excluding carboxylic acids is 1. The number of fused-ring (bicyclic) bond motifs is 1. The molecule has 8 heteroatoms. The van der Waals surface area contributed by atoms with E-state index in [1.165, 1.54) is 4.80 Å². The van der Waals surface area contributed by atoms with Crippen LogP contribution >= 0.6 is 0 Å². The normalized spacial score (nSPS) is 22.6. The van der Waals surface area contributed by atoms with Crippen LogP contribution in [-0.4, -0.2) is 56.3 Å². The van der Waals surface area contributed by atoms with Crippen molar-refractivity contribution in [2.45, 2.75) is 44.6 Å². The predicted octanol–water partition coefficient (Wildman–Crippen LogP) is 1.03. The SMILES string of the molecule is O=C(Cn1nnc(COc2ccccc2)n1)N1CCO[C@@H]2CCC[C@@H]21. The average Bonchev–Trinajstić information content (AvgIpc) is 3.29. The molecule has 2 atom stereocenters. The average molecular weight is 343 g/mol. The molecule has 1 aliphatic heterocycles. The Bertz CT molecular complexity index is 720. The Morgan fingerprint density at radius 3 is 3.04 bits per heavy atom. The standard InChI is InChI=1S/C17H21N5O3/c23-17(21-9-10-24-15-8-4-7-14(15)21)11-22-19-16(18-20-22)12-25-13-5-2-1-3-6-13/h1-3,5-6,14-15H,4,7-12H2/t14-,15+/m0/s1. The number of carbonyl (C=O) groups is 1. The lowest BCUT2D eigenvalue weighted by Gasteiger charge is -2.37. The number of benzene rings is 1. The number of nitrogens with zero attached hydrogens (tertiary/aromatic N) is 5. The van der Waals surface area contributed by atoms with E-state index in [9.17, 15) is 4.79 Å². The first kappa shape index (κ1) is 16.0. The number of para-hydroxylation sites is 1. The highest BCUT2D eigenvalue weighted by Crippen LogP contribution is 2.29. The second-order valence-electron chi connectivity index (χ2n) is 6.33. The van der Waals surface area contributed by atoms with Crippen LogP contribution in [0.25, 0.3) is 0 Å². The van der Waals surface area contributed by atoms with Gasteiger partial charge in [-0.25, -0.2) is 0 Å². The lowest BCUT2D eigenvalue weighted by Crippen LogP contribution is -2.52. The van der Waals surface area contributed by atoms with Crippen LogP contribution in [0.1, 0.15) is 25.1 Å². The zero-order valence-corrected chi connectivity index (χ0v) is 14.0. The zero-order chi connectivity index (χ0) is 17.1. The molecular formula is C17H21N5O3. The highest BCUT2D eigenvalue weighted by Gasteiger charge is 2.38. The number of ether oxygens (including phenoxy) is 2. The van der Waals surface area contributed by atoms with Crippen molar-refractivity contribution in [3.8, 4) is 5.75 Å². The molecule has 2 heterocycles. The lowest BCUT2D eigenvalue weighted by atomic mass is 10.1. The molecule has 1 aliphatic carbocycles. The predicted molar refractivity (Wildman–Crippen MR) is 87.7 cm³/mol. The molecule has 0 unspecified atom stereocenters. The van der Waals surface area contributed by atoms with E-state index < -0.39 is 0 Å². The summed E-state index contributed by atoms with van der Waals surface area (Å²) in [5, 5.41) is 12.2. The molecule has 1 saturated carbocycles. The van der Waals surface area contributed by atoms with Crippen molar-refractivity contribution in [1.82, 2.24) is 25.1 Å². The van der Waals surface area contributed by atoms with Gasteiger partial charge in [0.1, 0.15) is 12.3 Å². The Morgan fingerprint density at radius 1 is 1.28 bits per heavy atom. The third kappa shape index (κ3) is 3.63. The summed E-state index contributed by atoms with van der Waals surface area (Å²) in [5.74, 6) is 1.22. The molecule has 0 N–H and O–H groups in total. The molecule has 1 aromatic heterocycles. The largest absolute Gasteiger partial charge is 0.485 e. The van der Waals surface area contributed by atoms with Gasteiger partial charge in [-0.15, -0.1) is 10.2 Å². The molecule has 2 fully saturated rings. The first-order chi connectivity index (χ1) is 12.3. The first-order valence-corrected chi connectivity index (χ1v) is 8.65.